The fourth-order valence-electron chi connectivity index (χ4n) is 3.60. The molecule has 2 N–H and O–H groups in total. The van der Waals surface area contributed by atoms with Crippen LogP contribution in [0.1, 0.15) is 16.7 Å². The normalized spacial score (nSPS) is 21.7. The van der Waals surface area contributed by atoms with E-state index in [2.05, 4.69) is 23.1 Å². The summed E-state index contributed by atoms with van der Waals surface area (Å²) in [7, 11) is 1.90. The molecule has 0 aliphatic carbocycles. The second-order valence-electron chi connectivity index (χ2n) is 6.75. The number of benzene rings is 1. The van der Waals surface area contributed by atoms with Gasteiger partial charge in [-0.15, -0.1) is 0 Å². The zero-order valence-electron chi connectivity index (χ0n) is 14.4. The summed E-state index contributed by atoms with van der Waals surface area (Å²) in [4.78, 5) is 15.4. The highest BCUT2D eigenvalue weighted by molar-refractivity contribution is 5.75. The first kappa shape index (κ1) is 17.4. The molecule has 3 rings (SSSR count). The third-order valence-corrected chi connectivity index (χ3v) is 4.68. The van der Waals surface area contributed by atoms with Crippen LogP contribution in [0.25, 0.3) is 0 Å². The molecule has 2 heterocycles. The Kier molecular flexibility index (Phi) is 5.84. The predicted octanol–water partition coefficient (Wildman–Crippen LogP) is 0.377. The van der Waals surface area contributed by atoms with E-state index in [0.717, 1.165) is 52.4 Å². The maximum Gasteiger partial charge on any atom is 0.231 e. The van der Waals surface area contributed by atoms with E-state index < -0.39 is 0 Å². The van der Waals surface area contributed by atoms with Crippen LogP contribution in [0.2, 0.25) is 0 Å². The van der Waals surface area contributed by atoms with Crippen molar-refractivity contribution in [2.75, 3.05) is 46.4 Å². The molecule has 132 valence electrons. The highest BCUT2D eigenvalue weighted by Crippen LogP contribution is 2.23. The number of morpholine rings is 1. The molecule has 1 fully saturated rings. The van der Waals surface area contributed by atoms with Gasteiger partial charge in [0.15, 0.2) is 0 Å². The summed E-state index contributed by atoms with van der Waals surface area (Å²) in [5, 5.41) is 0. The molecule has 1 saturated heterocycles. The monoisotopic (exact) mass is 333 g/mol. The minimum atomic E-state index is -0.303. The summed E-state index contributed by atoms with van der Waals surface area (Å²) in [6, 6.07) is 6.52. The highest BCUT2D eigenvalue weighted by Gasteiger charge is 2.23. The number of carbonyl (C=O) groups excluding carboxylic acids is 1. The van der Waals surface area contributed by atoms with Gasteiger partial charge >= 0.3 is 0 Å². The van der Waals surface area contributed by atoms with E-state index in [1.54, 1.807) is 0 Å². The van der Waals surface area contributed by atoms with E-state index in [9.17, 15) is 4.79 Å². The largest absolute Gasteiger partial charge is 0.376 e. The van der Waals surface area contributed by atoms with Gasteiger partial charge in [-0.3, -0.25) is 14.6 Å². The second-order valence-corrected chi connectivity index (χ2v) is 6.75. The van der Waals surface area contributed by atoms with E-state index in [1.807, 2.05) is 11.9 Å². The van der Waals surface area contributed by atoms with Gasteiger partial charge in [0.05, 0.1) is 32.5 Å². The molecule has 1 aromatic rings. The van der Waals surface area contributed by atoms with E-state index in [-0.39, 0.29) is 18.6 Å². The number of likely N-dealkylation sites (N-methyl/N-ethyl adjacent to an activating group) is 1. The Morgan fingerprint density at radius 2 is 2.29 bits per heavy atom. The Labute approximate surface area is 143 Å². The number of nitrogens with zero attached hydrogens (tertiary/aromatic N) is 2. The Balaban J connectivity index is 1.59. The standard InChI is InChI=1S/C18H27N3O3/c1-20(12-18(19)22)10-16-11-21(6-8-24-16)9-14-3-2-4-15-13-23-7-5-17(14)15/h2-4,16H,5-13H2,1H3,(H2,19,22). The summed E-state index contributed by atoms with van der Waals surface area (Å²) < 4.78 is 11.4. The SMILES string of the molecule is CN(CC(N)=O)CC1CN(Cc2cccc3c2CCOC3)CCO1. The van der Waals surface area contributed by atoms with Crippen molar-refractivity contribution in [3.8, 4) is 0 Å². The van der Waals surface area contributed by atoms with Crippen molar-refractivity contribution >= 4 is 5.91 Å². The van der Waals surface area contributed by atoms with Crippen LogP contribution in [0, 0.1) is 0 Å². The highest BCUT2D eigenvalue weighted by atomic mass is 16.5. The van der Waals surface area contributed by atoms with E-state index in [0.29, 0.717) is 0 Å². The van der Waals surface area contributed by atoms with Crippen molar-refractivity contribution in [2.24, 2.45) is 5.73 Å². The predicted molar refractivity (Wildman–Crippen MR) is 91.5 cm³/mol. The maximum absolute atomic E-state index is 11.0. The van der Waals surface area contributed by atoms with Gasteiger partial charge in [0.1, 0.15) is 0 Å². The van der Waals surface area contributed by atoms with E-state index in [4.69, 9.17) is 15.2 Å². The van der Waals surface area contributed by atoms with Crippen molar-refractivity contribution in [3.63, 3.8) is 0 Å². The molecule has 2 aliphatic rings. The maximum atomic E-state index is 11.0. The summed E-state index contributed by atoms with van der Waals surface area (Å²) in [5.74, 6) is -0.303. The number of rotatable bonds is 6. The number of hydrogen-bond donors (Lipinski definition) is 1. The minimum absolute atomic E-state index is 0.117. The number of primary amides is 1. The molecule has 24 heavy (non-hydrogen) atoms. The molecule has 1 unspecified atom stereocenters. The van der Waals surface area contributed by atoms with Gasteiger partial charge in [-0.25, -0.2) is 0 Å². The quantitative estimate of drug-likeness (QED) is 0.815. The smallest absolute Gasteiger partial charge is 0.231 e. The number of amides is 1. The number of hydrogen-bond acceptors (Lipinski definition) is 5. The molecule has 0 aromatic heterocycles. The minimum Gasteiger partial charge on any atom is -0.376 e. The number of nitrogens with two attached hydrogens (primary N) is 1. The Bertz CT molecular complexity index is 579. The fraction of sp³-hybridized carbons (Fsp3) is 0.611. The number of fused-ring (bicyclic) bond motifs is 1. The zero-order valence-corrected chi connectivity index (χ0v) is 14.4. The van der Waals surface area contributed by atoms with Crippen LogP contribution in [0.15, 0.2) is 18.2 Å². The van der Waals surface area contributed by atoms with Crippen LogP contribution in [0.3, 0.4) is 0 Å². The molecular weight excluding hydrogens is 306 g/mol. The lowest BCUT2D eigenvalue weighted by molar-refractivity contribution is -0.119. The Morgan fingerprint density at radius 3 is 3.12 bits per heavy atom. The molecule has 6 nitrogen and oxygen atoms in total. The molecule has 1 aromatic carbocycles. The van der Waals surface area contributed by atoms with Crippen LogP contribution >= 0.6 is 0 Å². The number of ether oxygens (including phenoxy) is 2. The first-order chi connectivity index (χ1) is 11.6. The van der Waals surface area contributed by atoms with Crippen LogP contribution in [0.4, 0.5) is 0 Å². The van der Waals surface area contributed by atoms with Gasteiger partial charge in [-0.1, -0.05) is 18.2 Å². The van der Waals surface area contributed by atoms with Gasteiger partial charge < -0.3 is 15.2 Å². The third-order valence-electron chi connectivity index (χ3n) is 4.68. The first-order valence-electron chi connectivity index (χ1n) is 8.60. The van der Waals surface area contributed by atoms with Crippen LogP contribution in [-0.2, 0) is 33.8 Å². The van der Waals surface area contributed by atoms with Gasteiger partial charge in [0.25, 0.3) is 0 Å². The van der Waals surface area contributed by atoms with E-state index >= 15 is 0 Å². The van der Waals surface area contributed by atoms with E-state index in [1.165, 1.54) is 16.7 Å². The molecule has 0 saturated carbocycles. The summed E-state index contributed by atoms with van der Waals surface area (Å²) >= 11 is 0. The van der Waals surface area contributed by atoms with Gasteiger partial charge in [-0.05, 0) is 30.2 Å². The Morgan fingerprint density at radius 1 is 1.42 bits per heavy atom. The Hall–Kier alpha value is -1.47. The zero-order chi connectivity index (χ0) is 16.9. The van der Waals surface area contributed by atoms with Gasteiger partial charge in [0, 0.05) is 26.2 Å². The summed E-state index contributed by atoms with van der Waals surface area (Å²) in [5.41, 5.74) is 9.44. The molecule has 1 amide bonds. The lowest BCUT2D eigenvalue weighted by Crippen LogP contribution is -2.47. The molecule has 6 heteroatoms. The number of carbonyl (C=O) groups is 1. The van der Waals surface area contributed by atoms with Crippen molar-refractivity contribution < 1.29 is 14.3 Å². The average Bonchev–Trinajstić information content (AvgIpc) is 2.55. The van der Waals surface area contributed by atoms with Gasteiger partial charge in [0.2, 0.25) is 5.91 Å². The fourth-order valence-corrected chi connectivity index (χ4v) is 3.60. The lowest BCUT2D eigenvalue weighted by Gasteiger charge is -2.35. The van der Waals surface area contributed by atoms with Crippen molar-refractivity contribution in [2.45, 2.75) is 25.7 Å². The molecule has 1 atom stereocenters. The van der Waals surface area contributed by atoms with Crippen molar-refractivity contribution in [1.29, 1.82) is 0 Å². The molecule has 0 bridgehead atoms. The summed E-state index contributed by atoms with van der Waals surface area (Å²) in [6.45, 7) is 6.03. The average molecular weight is 333 g/mol. The molecule has 0 spiro atoms. The topological polar surface area (TPSA) is 68.0 Å². The van der Waals surface area contributed by atoms with Crippen molar-refractivity contribution in [1.82, 2.24) is 9.80 Å². The van der Waals surface area contributed by atoms with Crippen molar-refractivity contribution in [3.05, 3.63) is 34.9 Å². The summed E-state index contributed by atoms with van der Waals surface area (Å²) in [6.07, 6.45) is 1.12. The first-order valence-corrected chi connectivity index (χ1v) is 8.60. The van der Waals surface area contributed by atoms with Gasteiger partial charge in [-0.2, -0.15) is 0 Å². The van der Waals surface area contributed by atoms with Crippen LogP contribution in [-0.4, -0.2) is 68.3 Å². The van der Waals surface area contributed by atoms with Crippen LogP contribution in [0.5, 0.6) is 0 Å². The molecule has 2 aliphatic heterocycles. The molecular formula is C18H27N3O3. The van der Waals surface area contributed by atoms with Crippen LogP contribution < -0.4 is 5.73 Å². The lowest BCUT2D eigenvalue weighted by atomic mass is 9.96. The second kappa shape index (κ2) is 8.07. The molecule has 0 radical (unpaired) electrons. The third kappa shape index (κ3) is 4.54.